The molecule has 1 fully saturated rings. The van der Waals surface area contributed by atoms with Crippen molar-refractivity contribution in [3.63, 3.8) is 0 Å². The predicted molar refractivity (Wildman–Crippen MR) is 82.8 cm³/mol. The van der Waals surface area contributed by atoms with Gasteiger partial charge in [-0.1, -0.05) is 12.1 Å². The fourth-order valence-electron chi connectivity index (χ4n) is 3.09. The zero-order valence-electron chi connectivity index (χ0n) is 12.5. The van der Waals surface area contributed by atoms with Crippen molar-refractivity contribution in [3.05, 3.63) is 30.1 Å². The maximum atomic E-state index is 4.75. The van der Waals surface area contributed by atoms with Crippen molar-refractivity contribution >= 4 is 11.0 Å². The highest BCUT2D eigenvalue weighted by Gasteiger charge is 2.15. The number of benzene rings is 1. The highest BCUT2D eigenvalue weighted by Crippen LogP contribution is 2.19. The maximum absolute atomic E-state index is 4.75. The Balaban J connectivity index is 1.62. The predicted octanol–water partition coefficient (Wildman–Crippen LogP) is 2.32. The van der Waals surface area contributed by atoms with Gasteiger partial charge in [0.15, 0.2) is 0 Å². The summed E-state index contributed by atoms with van der Waals surface area (Å²) in [6.45, 7) is 6.91. The molecule has 2 heterocycles. The van der Waals surface area contributed by atoms with Crippen LogP contribution in [0.2, 0.25) is 0 Å². The Bertz CT molecular complexity index is 569. The maximum Gasteiger partial charge on any atom is 0.126 e. The van der Waals surface area contributed by atoms with E-state index in [1.807, 2.05) is 6.07 Å². The topological polar surface area (TPSA) is 33.1 Å². The van der Waals surface area contributed by atoms with Crippen LogP contribution in [0.1, 0.15) is 31.6 Å². The van der Waals surface area contributed by atoms with Crippen molar-refractivity contribution in [1.29, 1.82) is 0 Å². The molecule has 1 atom stereocenters. The quantitative estimate of drug-likeness (QED) is 0.907. The summed E-state index contributed by atoms with van der Waals surface area (Å²) >= 11 is 0. The van der Waals surface area contributed by atoms with E-state index in [1.54, 1.807) is 0 Å². The normalized spacial score (nSPS) is 17.9. The lowest BCUT2D eigenvalue weighted by molar-refractivity contribution is 0.328. The molecule has 0 amide bonds. The van der Waals surface area contributed by atoms with Crippen LogP contribution >= 0.6 is 0 Å². The molecule has 1 aromatic heterocycles. The van der Waals surface area contributed by atoms with Crippen LogP contribution in [0.3, 0.4) is 0 Å². The lowest BCUT2D eigenvalue weighted by Gasteiger charge is -2.18. The van der Waals surface area contributed by atoms with Gasteiger partial charge in [0.25, 0.3) is 0 Å². The smallest absolute Gasteiger partial charge is 0.126 e. The van der Waals surface area contributed by atoms with Gasteiger partial charge in [-0.05, 0) is 45.0 Å². The van der Waals surface area contributed by atoms with Gasteiger partial charge in [0.05, 0.1) is 17.1 Å². The number of nitrogens with zero attached hydrogens (tertiary/aromatic N) is 3. The molecule has 20 heavy (non-hydrogen) atoms. The molecular weight excluding hydrogens is 248 g/mol. The molecule has 1 N–H and O–H groups in total. The van der Waals surface area contributed by atoms with Crippen molar-refractivity contribution in [1.82, 2.24) is 19.8 Å². The van der Waals surface area contributed by atoms with Crippen LogP contribution in [0, 0.1) is 0 Å². The molecule has 4 heteroatoms. The second kappa shape index (κ2) is 5.94. The molecule has 108 valence electrons. The molecular formula is C16H24N4. The third-order valence-electron chi connectivity index (χ3n) is 4.29. The number of para-hydroxylation sites is 2. The third-order valence-corrected chi connectivity index (χ3v) is 4.29. The first kappa shape index (κ1) is 13.6. The SMILES string of the molecule is CC(NCCN1CCCC1)c1nc2ccccc2n1C. The molecule has 1 aliphatic rings. The summed E-state index contributed by atoms with van der Waals surface area (Å²) in [7, 11) is 2.10. The summed E-state index contributed by atoms with van der Waals surface area (Å²) in [6, 6.07) is 8.61. The minimum Gasteiger partial charge on any atom is -0.330 e. The van der Waals surface area contributed by atoms with Gasteiger partial charge in [0.1, 0.15) is 5.82 Å². The molecule has 1 saturated heterocycles. The van der Waals surface area contributed by atoms with E-state index in [0.29, 0.717) is 0 Å². The van der Waals surface area contributed by atoms with E-state index in [4.69, 9.17) is 4.98 Å². The number of aryl methyl sites for hydroxylation is 1. The summed E-state index contributed by atoms with van der Waals surface area (Å²) < 4.78 is 2.20. The third kappa shape index (κ3) is 2.72. The van der Waals surface area contributed by atoms with Gasteiger partial charge in [-0.25, -0.2) is 4.98 Å². The fraction of sp³-hybridized carbons (Fsp3) is 0.562. The first-order valence-corrected chi connectivity index (χ1v) is 7.63. The fourth-order valence-corrected chi connectivity index (χ4v) is 3.09. The molecule has 0 saturated carbocycles. The number of likely N-dealkylation sites (tertiary alicyclic amines) is 1. The van der Waals surface area contributed by atoms with Gasteiger partial charge in [-0.15, -0.1) is 0 Å². The van der Waals surface area contributed by atoms with Gasteiger partial charge in [-0.2, -0.15) is 0 Å². The largest absolute Gasteiger partial charge is 0.330 e. The van der Waals surface area contributed by atoms with Gasteiger partial charge < -0.3 is 14.8 Å². The van der Waals surface area contributed by atoms with Crippen molar-refractivity contribution < 1.29 is 0 Å². The van der Waals surface area contributed by atoms with E-state index in [-0.39, 0.29) is 6.04 Å². The molecule has 0 aliphatic carbocycles. The second-order valence-electron chi connectivity index (χ2n) is 5.74. The first-order chi connectivity index (χ1) is 9.75. The van der Waals surface area contributed by atoms with E-state index in [1.165, 1.54) is 31.4 Å². The van der Waals surface area contributed by atoms with Gasteiger partial charge in [0, 0.05) is 20.1 Å². The average molecular weight is 272 g/mol. The van der Waals surface area contributed by atoms with Crippen LogP contribution in [-0.2, 0) is 7.05 Å². The minimum atomic E-state index is 0.287. The van der Waals surface area contributed by atoms with Crippen molar-refractivity contribution in [2.75, 3.05) is 26.2 Å². The van der Waals surface area contributed by atoms with Crippen molar-refractivity contribution in [3.8, 4) is 0 Å². The summed E-state index contributed by atoms with van der Waals surface area (Å²) in [5.41, 5.74) is 2.29. The Hall–Kier alpha value is -1.39. The van der Waals surface area contributed by atoms with Gasteiger partial charge >= 0.3 is 0 Å². The zero-order chi connectivity index (χ0) is 13.9. The lowest BCUT2D eigenvalue weighted by atomic mass is 10.3. The number of rotatable bonds is 5. The molecule has 4 nitrogen and oxygen atoms in total. The molecule has 1 aromatic carbocycles. The number of imidazole rings is 1. The summed E-state index contributed by atoms with van der Waals surface area (Å²) in [5.74, 6) is 1.12. The molecule has 0 spiro atoms. The monoisotopic (exact) mass is 272 g/mol. The van der Waals surface area contributed by atoms with E-state index in [2.05, 4.69) is 47.0 Å². The van der Waals surface area contributed by atoms with Crippen LogP contribution < -0.4 is 5.32 Å². The highest BCUT2D eigenvalue weighted by atomic mass is 15.2. The number of hydrogen-bond acceptors (Lipinski definition) is 3. The molecule has 0 bridgehead atoms. The highest BCUT2D eigenvalue weighted by molar-refractivity contribution is 5.75. The van der Waals surface area contributed by atoms with Crippen molar-refractivity contribution in [2.45, 2.75) is 25.8 Å². The number of fused-ring (bicyclic) bond motifs is 1. The average Bonchev–Trinajstić information content (AvgIpc) is 3.08. The van der Waals surface area contributed by atoms with Gasteiger partial charge in [0.2, 0.25) is 0 Å². The van der Waals surface area contributed by atoms with Gasteiger partial charge in [-0.3, -0.25) is 0 Å². The van der Waals surface area contributed by atoms with E-state index in [9.17, 15) is 0 Å². The first-order valence-electron chi connectivity index (χ1n) is 7.63. The summed E-state index contributed by atoms with van der Waals surface area (Å²) in [4.78, 5) is 7.29. The summed E-state index contributed by atoms with van der Waals surface area (Å²) in [6.07, 6.45) is 2.72. The molecule has 0 radical (unpaired) electrons. The Kier molecular flexibility index (Phi) is 4.03. The Labute approximate surface area is 120 Å². The van der Waals surface area contributed by atoms with E-state index < -0.39 is 0 Å². The Morgan fingerprint density at radius 3 is 2.75 bits per heavy atom. The van der Waals surface area contributed by atoms with Crippen molar-refractivity contribution in [2.24, 2.45) is 7.05 Å². The van der Waals surface area contributed by atoms with Crippen LogP contribution in [0.5, 0.6) is 0 Å². The lowest BCUT2D eigenvalue weighted by Crippen LogP contribution is -2.32. The molecule has 2 aromatic rings. The van der Waals surface area contributed by atoms with E-state index >= 15 is 0 Å². The van der Waals surface area contributed by atoms with Crippen LogP contribution in [-0.4, -0.2) is 40.6 Å². The van der Waals surface area contributed by atoms with E-state index in [0.717, 1.165) is 24.4 Å². The van der Waals surface area contributed by atoms with Crippen LogP contribution in [0.15, 0.2) is 24.3 Å². The molecule has 1 unspecified atom stereocenters. The number of nitrogens with one attached hydrogen (secondary N) is 1. The minimum absolute atomic E-state index is 0.287. The molecule has 3 rings (SSSR count). The second-order valence-corrected chi connectivity index (χ2v) is 5.74. The number of hydrogen-bond donors (Lipinski definition) is 1. The number of aromatic nitrogens is 2. The Morgan fingerprint density at radius 2 is 2.00 bits per heavy atom. The van der Waals surface area contributed by atoms with Crippen LogP contribution in [0.4, 0.5) is 0 Å². The van der Waals surface area contributed by atoms with Crippen LogP contribution in [0.25, 0.3) is 11.0 Å². The molecule has 1 aliphatic heterocycles. The zero-order valence-corrected chi connectivity index (χ0v) is 12.5. The standard InChI is InChI=1S/C16H24N4/c1-13(17-9-12-20-10-5-6-11-20)16-18-14-7-3-4-8-15(14)19(16)2/h3-4,7-8,13,17H,5-6,9-12H2,1-2H3. The summed E-state index contributed by atoms with van der Waals surface area (Å²) in [5, 5.41) is 3.60. The Morgan fingerprint density at radius 1 is 1.25 bits per heavy atom.